The van der Waals surface area contributed by atoms with Gasteiger partial charge in [-0.3, -0.25) is 0 Å². The van der Waals surface area contributed by atoms with Crippen molar-refractivity contribution < 1.29 is 50.7 Å². The van der Waals surface area contributed by atoms with E-state index in [4.69, 9.17) is 0 Å². The normalized spacial score (nSPS) is 15.9. The number of hydrogen-bond acceptors (Lipinski definition) is 0. The van der Waals surface area contributed by atoms with Gasteiger partial charge in [0.2, 0.25) is 0 Å². The molecule has 1 radical (unpaired) electrons. The molecule has 0 unspecified atom stereocenters. The molecule has 0 heterocycles. The Kier molecular flexibility index (Phi) is 27.3. The zero-order valence-corrected chi connectivity index (χ0v) is 40.2. The summed E-state index contributed by atoms with van der Waals surface area (Å²) < 4.78 is 0. The van der Waals surface area contributed by atoms with Gasteiger partial charge >= 0.3 is 25.8 Å². The van der Waals surface area contributed by atoms with Gasteiger partial charge in [-0.2, -0.15) is 35.4 Å². The summed E-state index contributed by atoms with van der Waals surface area (Å²) in [4.78, 5) is 0. The zero-order chi connectivity index (χ0) is 31.9. The van der Waals surface area contributed by atoms with Crippen LogP contribution in [0.4, 0.5) is 0 Å². The van der Waals surface area contributed by atoms with Gasteiger partial charge in [0.1, 0.15) is 0 Å². The Hall–Kier alpha value is 0.801. The summed E-state index contributed by atoms with van der Waals surface area (Å²) in [7, 11) is -1.41. The fourth-order valence-electron chi connectivity index (χ4n) is 8.06. The van der Waals surface area contributed by atoms with E-state index in [1.165, 1.54) is 71.3 Å². The van der Waals surface area contributed by atoms with Crippen LogP contribution in [0.3, 0.4) is 0 Å². The van der Waals surface area contributed by atoms with E-state index in [9.17, 15) is 0 Å². The standard InChI is InChI=1S/2C14H25Si.C12H23Si.2ClH.Hf/c2*1-6-15(7-2,8-3)14-10-9-13(11-14)12(4)5;1-3-7-11(8-4-1)13-12-9-5-2-6-10-12;;;/h2*9-12H,6-8H2,1-5H3;11-13H,1-10H2;2*1H;/q2*-1;;;;+4/p-2. The molecule has 0 aromatic heterocycles. The van der Waals surface area contributed by atoms with Crippen molar-refractivity contribution in [3.05, 3.63) is 47.5 Å². The van der Waals surface area contributed by atoms with Crippen molar-refractivity contribution in [3.63, 3.8) is 0 Å². The van der Waals surface area contributed by atoms with Crippen LogP contribution in [0.15, 0.2) is 36.4 Å². The Bertz CT molecular complexity index is 884. The van der Waals surface area contributed by atoms with Crippen molar-refractivity contribution in [3.8, 4) is 0 Å². The number of hydrogen-bond donors (Lipinski definition) is 0. The Morgan fingerprint density at radius 2 is 0.848 bits per heavy atom. The predicted octanol–water partition coefficient (Wildman–Crippen LogP) is 6.42. The van der Waals surface area contributed by atoms with Crippen molar-refractivity contribution in [2.24, 2.45) is 0 Å². The monoisotopic (exact) mass is 887 g/mol. The largest absolute Gasteiger partial charge is 4.00 e. The second kappa shape index (κ2) is 25.7. The average Bonchev–Trinajstić information content (AvgIpc) is 3.74. The predicted molar refractivity (Wildman–Crippen MR) is 207 cm³/mol. The molecule has 263 valence electrons. The maximum absolute atomic E-state index is 2.48. The van der Waals surface area contributed by atoms with Crippen molar-refractivity contribution in [2.45, 2.75) is 193 Å². The van der Waals surface area contributed by atoms with Gasteiger partial charge in [0.15, 0.2) is 0 Å². The van der Waals surface area contributed by atoms with Crippen molar-refractivity contribution >= 4 is 36.0 Å². The maximum atomic E-state index is 2.48. The molecule has 0 bridgehead atoms. The van der Waals surface area contributed by atoms with Crippen LogP contribution in [0.1, 0.15) is 156 Å². The summed E-state index contributed by atoms with van der Waals surface area (Å²) in [6.07, 6.45) is 15.6. The Morgan fingerprint density at radius 1 is 0.565 bits per heavy atom. The molecule has 2 aromatic rings. The van der Waals surface area contributed by atoms with Gasteiger partial charge in [-0.05, 0) is 22.9 Å². The minimum atomic E-state index is -1.12. The summed E-state index contributed by atoms with van der Waals surface area (Å²) in [5.74, 6) is 1.35. The third-order valence-corrected chi connectivity index (χ3v) is 25.6. The molecule has 2 aromatic carbocycles. The summed E-state index contributed by atoms with van der Waals surface area (Å²) in [5.41, 5.74) is 5.46. The third kappa shape index (κ3) is 14.6. The molecule has 4 rings (SSSR count). The van der Waals surface area contributed by atoms with Gasteiger partial charge < -0.3 is 24.8 Å². The van der Waals surface area contributed by atoms with Crippen LogP contribution in [-0.4, -0.2) is 25.7 Å². The van der Waals surface area contributed by atoms with Gasteiger partial charge in [0, 0.05) is 25.7 Å². The molecule has 2 aliphatic carbocycles. The van der Waals surface area contributed by atoms with Crippen LogP contribution in [0.25, 0.3) is 0 Å². The fraction of sp³-hybridized carbons (Fsp3) is 0.750. The van der Waals surface area contributed by atoms with Crippen LogP contribution >= 0.6 is 0 Å². The smallest absolute Gasteiger partial charge is 1.00 e. The topological polar surface area (TPSA) is 0 Å². The molecule has 0 nitrogen and oxygen atoms in total. The van der Waals surface area contributed by atoms with Gasteiger partial charge in [-0.15, -0.1) is 0 Å². The summed E-state index contributed by atoms with van der Waals surface area (Å²) in [6.45, 7) is 23.4. The Morgan fingerprint density at radius 3 is 1.07 bits per heavy atom. The van der Waals surface area contributed by atoms with E-state index >= 15 is 0 Å². The van der Waals surface area contributed by atoms with E-state index in [1.807, 2.05) is 0 Å². The molecule has 0 spiro atoms. The van der Waals surface area contributed by atoms with Crippen LogP contribution < -0.4 is 35.2 Å². The Balaban J connectivity index is 0. The van der Waals surface area contributed by atoms with Crippen LogP contribution in [-0.2, 0) is 25.8 Å². The minimum Gasteiger partial charge on any atom is -1.00 e. The van der Waals surface area contributed by atoms with E-state index < -0.39 is 16.1 Å². The zero-order valence-electron chi connectivity index (χ0n) is 31.9. The summed E-state index contributed by atoms with van der Waals surface area (Å²) in [5, 5.41) is 3.39. The van der Waals surface area contributed by atoms with E-state index in [0.29, 0.717) is 11.8 Å². The van der Waals surface area contributed by atoms with Crippen LogP contribution in [0.2, 0.25) is 47.3 Å². The summed E-state index contributed by atoms with van der Waals surface area (Å²) >= 11 is 0. The molecule has 0 saturated heterocycles. The van der Waals surface area contributed by atoms with Crippen LogP contribution in [0, 0.1) is 0 Å². The van der Waals surface area contributed by atoms with E-state index in [0.717, 1.165) is 9.52 Å². The second-order valence-electron chi connectivity index (χ2n) is 14.8. The molecule has 2 fully saturated rings. The first-order valence-corrected chi connectivity index (χ1v) is 25.6. The van der Waals surface area contributed by atoms with Gasteiger partial charge in [0.05, 0.1) is 0 Å². The van der Waals surface area contributed by atoms with Crippen molar-refractivity contribution in [1.29, 1.82) is 0 Å². The minimum absolute atomic E-state index is 0. The first-order valence-electron chi connectivity index (χ1n) is 19.0. The molecule has 2 saturated carbocycles. The molecule has 2 aliphatic rings. The molecule has 6 heteroatoms. The maximum Gasteiger partial charge on any atom is 4.00 e. The van der Waals surface area contributed by atoms with Crippen molar-refractivity contribution in [1.82, 2.24) is 0 Å². The first kappa shape index (κ1) is 48.9. The van der Waals surface area contributed by atoms with Gasteiger partial charge in [0.25, 0.3) is 0 Å². The van der Waals surface area contributed by atoms with Gasteiger partial charge in [-0.25, -0.2) is 22.5 Å². The van der Waals surface area contributed by atoms with Gasteiger partial charge in [-0.1, -0.05) is 170 Å². The quantitative estimate of drug-likeness (QED) is 0.171. The fourth-order valence-corrected chi connectivity index (χ4v) is 17.8. The molecule has 0 atom stereocenters. The molecule has 0 amide bonds. The summed E-state index contributed by atoms with van der Waals surface area (Å²) in [6, 6.07) is 22.8. The molecule has 46 heavy (non-hydrogen) atoms. The molecular weight excluding hydrogens is 814 g/mol. The SMILES string of the molecule is C1CCC([SiH]C2CCCCC2)CC1.CC[Si](CC)(CC)c1c[cH-]c(C(C)C)c1.CC[Si](CC)(CC)c1c[cH-]c(C(C)C)c1.[Cl-].[Cl-].[Hf+4]. The number of halogens is 2. The van der Waals surface area contributed by atoms with Crippen LogP contribution in [0.5, 0.6) is 0 Å². The first-order chi connectivity index (χ1) is 20.6. The molecule has 0 N–H and O–H groups in total. The second-order valence-corrected chi connectivity index (χ2v) is 27.6. The number of rotatable bonds is 12. The van der Waals surface area contributed by atoms with Crippen molar-refractivity contribution in [2.75, 3.05) is 0 Å². The average molecular weight is 888 g/mol. The molecular formula is C40H73Cl2HfSi3. The molecule has 0 aliphatic heterocycles. The van der Waals surface area contributed by atoms with E-state index in [-0.39, 0.29) is 50.7 Å². The van der Waals surface area contributed by atoms with E-state index in [1.54, 1.807) is 61.7 Å². The van der Waals surface area contributed by atoms with E-state index in [2.05, 4.69) is 106 Å². The Labute approximate surface area is 324 Å². The third-order valence-electron chi connectivity index (χ3n) is 12.0.